The van der Waals surface area contributed by atoms with Crippen molar-refractivity contribution < 1.29 is 13.9 Å². The van der Waals surface area contributed by atoms with Crippen molar-refractivity contribution in [1.29, 1.82) is 0 Å². The van der Waals surface area contributed by atoms with E-state index in [2.05, 4.69) is 14.9 Å². The van der Waals surface area contributed by atoms with Gasteiger partial charge in [0.25, 0.3) is 0 Å². The summed E-state index contributed by atoms with van der Waals surface area (Å²) in [5.41, 5.74) is 0. The van der Waals surface area contributed by atoms with E-state index in [1.165, 1.54) is 18.5 Å². The van der Waals surface area contributed by atoms with Crippen LogP contribution in [0.3, 0.4) is 0 Å². The van der Waals surface area contributed by atoms with Gasteiger partial charge in [-0.25, -0.2) is 14.4 Å². The Kier molecular flexibility index (Phi) is 4.88. The number of ether oxygens (including phenoxy) is 1. The van der Waals surface area contributed by atoms with Crippen molar-refractivity contribution in [3.8, 4) is 11.6 Å². The molecule has 1 fully saturated rings. The van der Waals surface area contributed by atoms with Crippen LogP contribution in [-0.4, -0.2) is 47.0 Å². The second-order valence-electron chi connectivity index (χ2n) is 5.49. The molecular formula is C17H19FN4O2. The predicted molar refractivity (Wildman–Crippen MR) is 87.6 cm³/mol. The van der Waals surface area contributed by atoms with Gasteiger partial charge in [0.2, 0.25) is 11.8 Å². The highest BCUT2D eigenvalue weighted by Gasteiger charge is 2.21. The summed E-state index contributed by atoms with van der Waals surface area (Å²) in [7, 11) is 0. The largest absolute Gasteiger partial charge is 0.439 e. The second kappa shape index (κ2) is 7.25. The molecule has 0 radical (unpaired) electrons. The summed E-state index contributed by atoms with van der Waals surface area (Å²) >= 11 is 0. The molecule has 0 spiro atoms. The third-order valence-electron chi connectivity index (χ3n) is 3.92. The summed E-state index contributed by atoms with van der Waals surface area (Å²) in [4.78, 5) is 24.1. The number of hydrogen-bond acceptors (Lipinski definition) is 5. The van der Waals surface area contributed by atoms with E-state index in [0.29, 0.717) is 31.1 Å². The lowest BCUT2D eigenvalue weighted by Gasteiger charge is -2.35. The van der Waals surface area contributed by atoms with Crippen molar-refractivity contribution in [2.24, 2.45) is 0 Å². The molecule has 126 valence electrons. The lowest BCUT2D eigenvalue weighted by atomic mass is 10.3. The van der Waals surface area contributed by atoms with Crippen molar-refractivity contribution in [3.63, 3.8) is 0 Å². The minimum absolute atomic E-state index is 0.178. The number of halogens is 1. The van der Waals surface area contributed by atoms with Crippen LogP contribution in [0.5, 0.6) is 11.6 Å². The SMILES string of the molecule is CCC(=O)N1CCN(c2cc(Oc3ccc(F)cc3)ncn2)CC1. The van der Waals surface area contributed by atoms with Gasteiger partial charge >= 0.3 is 0 Å². The molecule has 1 aromatic carbocycles. The van der Waals surface area contributed by atoms with Gasteiger partial charge in [0.05, 0.1) is 0 Å². The first-order chi connectivity index (χ1) is 11.7. The molecule has 0 bridgehead atoms. The summed E-state index contributed by atoms with van der Waals surface area (Å²) in [6.45, 7) is 4.69. The summed E-state index contributed by atoms with van der Waals surface area (Å²) in [6.07, 6.45) is 1.97. The topological polar surface area (TPSA) is 58.6 Å². The predicted octanol–water partition coefficient (Wildman–Crippen LogP) is 2.47. The number of carbonyl (C=O) groups excluding carboxylic acids is 1. The molecular weight excluding hydrogens is 311 g/mol. The Bertz CT molecular complexity index is 700. The number of carbonyl (C=O) groups is 1. The highest BCUT2D eigenvalue weighted by atomic mass is 19.1. The molecule has 1 saturated heterocycles. The number of benzene rings is 1. The van der Waals surface area contributed by atoms with Crippen molar-refractivity contribution in [2.75, 3.05) is 31.1 Å². The second-order valence-corrected chi connectivity index (χ2v) is 5.49. The van der Waals surface area contributed by atoms with Gasteiger partial charge in [-0.05, 0) is 24.3 Å². The lowest BCUT2D eigenvalue weighted by Crippen LogP contribution is -2.48. The molecule has 1 amide bonds. The maximum atomic E-state index is 12.9. The number of piperazine rings is 1. The molecule has 7 heteroatoms. The van der Waals surface area contributed by atoms with Crippen molar-refractivity contribution >= 4 is 11.7 Å². The lowest BCUT2D eigenvalue weighted by molar-refractivity contribution is -0.131. The van der Waals surface area contributed by atoms with Crippen LogP contribution in [-0.2, 0) is 4.79 Å². The first-order valence-corrected chi connectivity index (χ1v) is 7.94. The average Bonchev–Trinajstić information content (AvgIpc) is 2.63. The van der Waals surface area contributed by atoms with Gasteiger partial charge in [-0.15, -0.1) is 0 Å². The number of hydrogen-bond donors (Lipinski definition) is 0. The van der Waals surface area contributed by atoms with Crippen LogP contribution in [0.4, 0.5) is 10.2 Å². The zero-order valence-corrected chi connectivity index (χ0v) is 13.5. The summed E-state index contributed by atoms with van der Waals surface area (Å²) in [5.74, 6) is 1.53. The maximum absolute atomic E-state index is 12.9. The van der Waals surface area contributed by atoms with Gasteiger partial charge in [-0.2, -0.15) is 0 Å². The highest BCUT2D eigenvalue weighted by Crippen LogP contribution is 2.23. The Hall–Kier alpha value is -2.70. The van der Waals surface area contributed by atoms with Gasteiger partial charge in [0, 0.05) is 38.7 Å². The molecule has 2 aromatic rings. The molecule has 6 nitrogen and oxygen atoms in total. The van der Waals surface area contributed by atoms with E-state index in [1.807, 2.05) is 11.8 Å². The van der Waals surface area contributed by atoms with Crippen LogP contribution in [0.15, 0.2) is 36.7 Å². The number of anilines is 1. The van der Waals surface area contributed by atoms with Crippen LogP contribution >= 0.6 is 0 Å². The van der Waals surface area contributed by atoms with Gasteiger partial charge < -0.3 is 14.5 Å². The minimum Gasteiger partial charge on any atom is -0.439 e. The highest BCUT2D eigenvalue weighted by molar-refractivity contribution is 5.76. The number of aromatic nitrogens is 2. The molecule has 0 unspecified atom stereocenters. The van der Waals surface area contributed by atoms with Crippen molar-refractivity contribution in [1.82, 2.24) is 14.9 Å². The number of nitrogens with zero attached hydrogens (tertiary/aromatic N) is 4. The standard InChI is InChI=1S/C17H19FN4O2/c1-2-17(23)22-9-7-21(8-10-22)15-11-16(20-12-19-15)24-14-5-3-13(18)4-6-14/h3-6,11-12H,2,7-10H2,1H3. The van der Waals surface area contributed by atoms with Crippen LogP contribution in [0.25, 0.3) is 0 Å². The molecule has 24 heavy (non-hydrogen) atoms. The minimum atomic E-state index is -0.315. The van der Waals surface area contributed by atoms with Crippen LogP contribution in [0.1, 0.15) is 13.3 Å². The first kappa shape index (κ1) is 16.2. The summed E-state index contributed by atoms with van der Waals surface area (Å²) in [5, 5.41) is 0. The van der Waals surface area contributed by atoms with Crippen molar-refractivity contribution in [2.45, 2.75) is 13.3 Å². The molecule has 2 heterocycles. The molecule has 0 saturated carbocycles. The molecule has 0 aliphatic carbocycles. The quantitative estimate of drug-likeness (QED) is 0.862. The molecule has 1 aromatic heterocycles. The molecule has 0 N–H and O–H groups in total. The summed E-state index contributed by atoms with van der Waals surface area (Å²) in [6, 6.07) is 7.52. The van der Waals surface area contributed by atoms with Gasteiger partial charge in [-0.3, -0.25) is 4.79 Å². The van der Waals surface area contributed by atoms with E-state index in [4.69, 9.17) is 4.74 Å². The van der Waals surface area contributed by atoms with E-state index in [0.717, 1.165) is 18.9 Å². The molecule has 1 aliphatic rings. The van der Waals surface area contributed by atoms with Crippen LogP contribution in [0, 0.1) is 5.82 Å². The normalized spacial score (nSPS) is 14.6. The van der Waals surface area contributed by atoms with Gasteiger partial charge in [0.1, 0.15) is 23.7 Å². The zero-order chi connectivity index (χ0) is 16.9. The van der Waals surface area contributed by atoms with E-state index in [9.17, 15) is 9.18 Å². The monoisotopic (exact) mass is 330 g/mol. The van der Waals surface area contributed by atoms with Gasteiger partial charge in [0.15, 0.2) is 0 Å². The molecule has 1 aliphatic heterocycles. The van der Waals surface area contributed by atoms with Crippen LogP contribution in [0.2, 0.25) is 0 Å². The number of amides is 1. The Balaban J connectivity index is 1.65. The number of rotatable bonds is 4. The third-order valence-corrected chi connectivity index (χ3v) is 3.92. The fraction of sp³-hybridized carbons (Fsp3) is 0.353. The zero-order valence-electron chi connectivity index (χ0n) is 13.5. The fourth-order valence-electron chi connectivity index (χ4n) is 2.59. The smallest absolute Gasteiger partial charge is 0.224 e. The molecule has 0 atom stereocenters. The maximum Gasteiger partial charge on any atom is 0.224 e. The Morgan fingerprint density at radius 1 is 1.17 bits per heavy atom. The average molecular weight is 330 g/mol. The summed E-state index contributed by atoms with van der Waals surface area (Å²) < 4.78 is 18.6. The molecule has 3 rings (SSSR count). The Labute approximate surface area is 139 Å². The van der Waals surface area contributed by atoms with E-state index < -0.39 is 0 Å². The Morgan fingerprint density at radius 2 is 1.88 bits per heavy atom. The van der Waals surface area contributed by atoms with E-state index in [-0.39, 0.29) is 11.7 Å². The van der Waals surface area contributed by atoms with E-state index in [1.54, 1.807) is 18.2 Å². The first-order valence-electron chi connectivity index (χ1n) is 7.94. The van der Waals surface area contributed by atoms with Gasteiger partial charge in [-0.1, -0.05) is 6.92 Å². The van der Waals surface area contributed by atoms with Crippen molar-refractivity contribution in [3.05, 3.63) is 42.5 Å². The fourth-order valence-corrected chi connectivity index (χ4v) is 2.59. The van der Waals surface area contributed by atoms with Crippen LogP contribution < -0.4 is 9.64 Å². The van der Waals surface area contributed by atoms with E-state index >= 15 is 0 Å². The Morgan fingerprint density at radius 3 is 2.54 bits per heavy atom. The third kappa shape index (κ3) is 3.79.